The maximum absolute atomic E-state index is 14.4. The molecule has 0 bridgehead atoms. The smallest absolute Gasteiger partial charge is 0.337 e. The Kier molecular flexibility index (Phi) is 4.38. The maximum Gasteiger partial charge on any atom is 0.337 e. The molecule has 0 saturated heterocycles. The van der Waals surface area contributed by atoms with Gasteiger partial charge in [-0.3, -0.25) is 4.79 Å². The summed E-state index contributed by atoms with van der Waals surface area (Å²) in [6.07, 6.45) is 3.10. The summed E-state index contributed by atoms with van der Waals surface area (Å²) in [5.74, 6) is -0.951. The van der Waals surface area contributed by atoms with Gasteiger partial charge in [0.1, 0.15) is 11.5 Å². The van der Waals surface area contributed by atoms with Gasteiger partial charge in [0.2, 0.25) is 0 Å². The Balaban J connectivity index is 1.53. The maximum atomic E-state index is 14.4. The minimum Gasteiger partial charge on any atom is -0.465 e. The zero-order chi connectivity index (χ0) is 20.8. The van der Waals surface area contributed by atoms with Gasteiger partial charge in [-0.25, -0.2) is 13.9 Å². The Hall–Kier alpha value is -3.48. The summed E-state index contributed by atoms with van der Waals surface area (Å²) in [4.78, 5) is 26.9. The number of halogens is 1. The predicted octanol–water partition coefficient (Wildman–Crippen LogP) is 3.49. The molecule has 0 spiro atoms. The summed E-state index contributed by atoms with van der Waals surface area (Å²) in [5.41, 5.74) is 4.73. The van der Waals surface area contributed by atoms with Gasteiger partial charge >= 0.3 is 5.97 Å². The molecule has 2 heterocycles. The molecule has 5 rings (SSSR count). The minimum absolute atomic E-state index is 0.187. The first-order valence-electron chi connectivity index (χ1n) is 9.97. The highest BCUT2D eigenvalue weighted by atomic mass is 19.1. The van der Waals surface area contributed by atoms with Gasteiger partial charge in [0, 0.05) is 23.5 Å². The minimum atomic E-state index is -0.399. The molecule has 6 nitrogen and oxygen atoms in total. The number of nitrogens with zero attached hydrogens (tertiary/aromatic N) is 3. The van der Waals surface area contributed by atoms with Crippen molar-refractivity contribution in [2.45, 2.75) is 25.7 Å². The fraction of sp³-hybridized carbons (Fsp3) is 0.261. The molecule has 30 heavy (non-hydrogen) atoms. The number of aromatic nitrogens is 2. The fourth-order valence-corrected chi connectivity index (χ4v) is 4.42. The second kappa shape index (κ2) is 7.09. The quantitative estimate of drug-likeness (QED) is 0.626. The summed E-state index contributed by atoms with van der Waals surface area (Å²) >= 11 is 0. The molecule has 0 unspecified atom stereocenters. The number of carbonyl (C=O) groups is 2. The van der Waals surface area contributed by atoms with Crippen LogP contribution < -0.4 is 4.90 Å². The molecule has 7 heteroatoms. The highest BCUT2D eigenvalue weighted by Crippen LogP contribution is 2.34. The van der Waals surface area contributed by atoms with Crippen molar-refractivity contribution in [1.82, 2.24) is 9.78 Å². The molecule has 3 aromatic rings. The van der Waals surface area contributed by atoms with Crippen molar-refractivity contribution >= 4 is 17.6 Å². The van der Waals surface area contributed by atoms with Crippen molar-refractivity contribution in [3.63, 3.8) is 0 Å². The predicted molar refractivity (Wildman–Crippen MR) is 109 cm³/mol. The number of anilines is 1. The Morgan fingerprint density at radius 3 is 2.70 bits per heavy atom. The Labute approximate surface area is 172 Å². The van der Waals surface area contributed by atoms with Gasteiger partial charge in [-0.2, -0.15) is 5.10 Å². The lowest BCUT2D eigenvalue weighted by Crippen LogP contribution is -2.30. The van der Waals surface area contributed by atoms with Crippen LogP contribution in [0.1, 0.15) is 44.1 Å². The number of methoxy groups -OCH3 is 1. The second-order valence-corrected chi connectivity index (χ2v) is 7.53. The van der Waals surface area contributed by atoms with Crippen LogP contribution in [-0.4, -0.2) is 35.3 Å². The molecule has 0 atom stereocenters. The third kappa shape index (κ3) is 2.81. The fourth-order valence-electron chi connectivity index (χ4n) is 4.42. The summed E-state index contributed by atoms with van der Waals surface area (Å²) in [6, 6.07) is 11.7. The van der Waals surface area contributed by atoms with Crippen LogP contribution in [0.25, 0.3) is 5.69 Å². The molecule has 152 valence electrons. The number of hydrogen-bond acceptors (Lipinski definition) is 4. The second-order valence-electron chi connectivity index (χ2n) is 7.53. The number of carbonyl (C=O) groups excluding carboxylic acids is 2. The van der Waals surface area contributed by atoms with Crippen LogP contribution in [0, 0.1) is 5.82 Å². The van der Waals surface area contributed by atoms with Crippen molar-refractivity contribution in [2.75, 3.05) is 18.6 Å². The van der Waals surface area contributed by atoms with E-state index >= 15 is 0 Å². The summed E-state index contributed by atoms with van der Waals surface area (Å²) in [5, 5.41) is 4.55. The van der Waals surface area contributed by atoms with Gasteiger partial charge in [0.15, 0.2) is 5.69 Å². The topological polar surface area (TPSA) is 64.4 Å². The number of rotatable bonds is 3. The molecule has 1 amide bonds. The van der Waals surface area contributed by atoms with E-state index in [0.29, 0.717) is 29.9 Å². The van der Waals surface area contributed by atoms with Crippen molar-refractivity contribution in [3.05, 3.63) is 76.4 Å². The standard InChI is InChI=1S/C23H20FN3O3/c1-30-23(29)15-9-10-18-14(13-15)11-12-26(18)22(28)21-16-5-4-8-19(16)27(25-21)20-7-3-2-6-17(20)24/h2-3,6-7,9-10,13H,4-5,8,11-12H2,1H3. The first-order valence-corrected chi connectivity index (χ1v) is 9.97. The lowest BCUT2D eigenvalue weighted by Gasteiger charge is -2.17. The third-order valence-corrected chi connectivity index (χ3v) is 5.85. The first kappa shape index (κ1) is 18.5. The van der Waals surface area contributed by atoms with Gasteiger partial charge in [-0.1, -0.05) is 12.1 Å². The van der Waals surface area contributed by atoms with Crippen molar-refractivity contribution in [3.8, 4) is 5.69 Å². The highest BCUT2D eigenvalue weighted by Gasteiger charge is 2.33. The zero-order valence-corrected chi connectivity index (χ0v) is 16.5. The van der Waals surface area contributed by atoms with Crippen molar-refractivity contribution in [1.29, 1.82) is 0 Å². The summed E-state index contributed by atoms with van der Waals surface area (Å²) in [6.45, 7) is 0.514. The first-order chi connectivity index (χ1) is 14.6. The van der Waals surface area contributed by atoms with Crippen LogP contribution in [0.5, 0.6) is 0 Å². The Morgan fingerprint density at radius 2 is 1.90 bits per heavy atom. The molecule has 1 aromatic heterocycles. The van der Waals surface area contributed by atoms with E-state index < -0.39 is 5.97 Å². The van der Waals surface area contributed by atoms with Crippen LogP contribution in [0.15, 0.2) is 42.5 Å². The van der Waals surface area contributed by atoms with E-state index in [-0.39, 0.29) is 11.7 Å². The third-order valence-electron chi connectivity index (χ3n) is 5.85. The van der Waals surface area contributed by atoms with Crippen LogP contribution >= 0.6 is 0 Å². The van der Waals surface area contributed by atoms with Gasteiger partial charge in [-0.05, 0) is 61.6 Å². The number of hydrogen-bond donors (Lipinski definition) is 0. The van der Waals surface area contributed by atoms with E-state index in [1.165, 1.54) is 13.2 Å². The molecule has 1 aliphatic heterocycles. The molecule has 0 radical (unpaired) electrons. The van der Waals surface area contributed by atoms with E-state index in [4.69, 9.17) is 4.74 Å². The molecule has 0 N–H and O–H groups in total. The summed E-state index contributed by atoms with van der Waals surface area (Å²) in [7, 11) is 1.35. The van der Waals surface area contributed by atoms with E-state index in [1.807, 2.05) is 0 Å². The Morgan fingerprint density at radius 1 is 1.07 bits per heavy atom. The average Bonchev–Trinajstić information content (AvgIpc) is 3.48. The number of amides is 1. The molecule has 2 aromatic carbocycles. The Bertz CT molecular complexity index is 1180. The number of esters is 1. The normalized spacial score (nSPS) is 14.5. The van der Waals surface area contributed by atoms with Crippen LogP contribution in [0.2, 0.25) is 0 Å². The molecule has 2 aliphatic rings. The molecule has 1 aliphatic carbocycles. The molecular formula is C23H20FN3O3. The van der Waals surface area contributed by atoms with Crippen LogP contribution in [-0.2, 0) is 24.0 Å². The van der Waals surface area contributed by atoms with Crippen LogP contribution in [0.4, 0.5) is 10.1 Å². The highest BCUT2D eigenvalue weighted by molar-refractivity contribution is 6.07. The monoisotopic (exact) mass is 405 g/mol. The number of benzene rings is 2. The van der Waals surface area contributed by atoms with Gasteiger partial charge in [0.05, 0.1) is 12.7 Å². The van der Waals surface area contributed by atoms with E-state index in [1.54, 1.807) is 46.0 Å². The largest absolute Gasteiger partial charge is 0.465 e. The van der Waals surface area contributed by atoms with Gasteiger partial charge in [0.25, 0.3) is 5.91 Å². The van der Waals surface area contributed by atoms with E-state index in [0.717, 1.165) is 41.8 Å². The van der Waals surface area contributed by atoms with Gasteiger partial charge in [-0.15, -0.1) is 0 Å². The average molecular weight is 405 g/mol. The summed E-state index contributed by atoms with van der Waals surface area (Å²) < 4.78 is 20.8. The molecule has 0 saturated carbocycles. The number of ether oxygens (including phenoxy) is 1. The number of fused-ring (bicyclic) bond motifs is 2. The van der Waals surface area contributed by atoms with Gasteiger partial charge < -0.3 is 9.64 Å². The molecule has 0 fully saturated rings. The van der Waals surface area contributed by atoms with E-state index in [9.17, 15) is 14.0 Å². The van der Waals surface area contributed by atoms with Crippen molar-refractivity contribution in [2.24, 2.45) is 0 Å². The lowest BCUT2D eigenvalue weighted by molar-refractivity contribution is 0.0600. The SMILES string of the molecule is COC(=O)c1ccc2c(c1)CCN2C(=O)c1nn(-c2ccccc2F)c2c1CCC2. The zero-order valence-electron chi connectivity index (χ0n) is 16.5. The number of para-hydroxylation sites is 1. The molecular weight excluding hydrogens is 385 g/mol. The van der Waals surface area contributed by atoms with Crippen molar-refractivity contribution < 1.29 is 18.7 Å². The lowest BCUT2D eigenvalue weighted by atomic mass is 10.1. The van der Waals surface area contributed by atoms with Crippen LogP contribution in [0.3, 0.4) is 0 Å². The van der Waals surface area contributed by atoms with E-state index in [2.05, 4.69) is 5.10 Å².